The Morgan fingerprint density at radius 3 is 2.24 bits per heavy atom. The van der Waals surface area contributed by atoms with Crippen LogP contribution in [0.5, 0.6) is 0 Å². The van der Waals surface area contributed by atoms with Crippen LogP contribution in [0.25, 0.3) is 0 Å². The molecule has 6 rings (SSSR count). The van der Waals surface area contributed by atoms with Crippen molar-refractivity contribution < 1.29 is 34.3 Å². The van der Waals surface area contributed by atoms with E-state index in [0.717, 1.165) is 19.3 Å². The maximum absolute atomic E-state index is 12.2. The van der Waals surface area contributed by atoms with Gasteiger partial charge in [0, 0.05) is 19.3 Å². The normalized spacial score (nSPS) is 59.9. The van der Waals surface area contributed by atoms with Crippen LogP contribution in [0.15, 0.2) is 0 Å². The number of rotatable bonds is 1. The number of aliphatic hydroxyl groups excluding tert-OH is 2. The molecule has 7 nitrogen and oxygen atoms in total. The van der Waals surface area contributed by atoms with Crippen molar-refractivity contribution in [1.29, 1.82) is 0 Å². The molecule has 2 heterocycles. The van der Waals surface area contributed by atoms with E-state index in [9.17, 15) is 20.1 Å². The number of esters is 1. The fraction of sp³-hybridized carbons (Fsp3) is 0.967. The largest absolute Gasteiger partial charge is 0.460 e. The van der Waals surface area contributed by atoms with Crippen molar-refractivity contribution in [3.63, 3.8) is 0 Å². The lowest BCUT2D eigenvalue weighted by molar-refractivity contribution is -0.300. The smallest absolute Gasteiger partial charge is 0.302 e. The predicted molar refractivity (Wildman–Crippen MR) is 136 cm³/mol. The molecule has 1 spiro atoms. The topological polar surface area (TPSA) is 105 Å². The van der Waals surface area contributed by atoms with Crippen LogP contribution in [0, 0.1) is 46.3 Å². The highest BCUT2D eigenvalue weighted by atomic mass is 16.7. The van der Waals surface area contributed by atoms with E-state index in [4.69, 9.17) is 14.2 Å². The summed E-state index contributed by atoms with van der Waals surface area (Å²) in [7, 11) is 0. The summed E-state index contributed by atoms with van der Waals surface area (Å²) < 4.78 is 18.8. The van der Waals surface area contributed by atoms with E-state index in [0.29, 0.717) is 43.4 Å². The Balaban J connectivity index is 1.29. The van der Waals surface area contributed by atoms with Crippen LogP contribution >= 0.6 is 0 Å². The molecule has 0 radical (unpaired) electrons. The number of fused-ring (bicyclic) bond motifs is 7. The fourth-order valence-corrected chi connectivity index (χ4v) is 11.0. The maximum atomic E-state index is 12.2. The van der Waals surface area contributed by atoms with Crippen molar-refractivity contribution in [3.05, 3.63) is 0 Å². The van der Waals surface area contributed by atoms with E-state index in [-0.39, 0.29) is 46.3 Å². The zero-order valence-corrected chi connectivity index (χ0v) is 23.7. The molecule has 7 heteroatoms. The monoisotopic (exact) mass is 520 g/mol. The summed E-state index contributed by atoms with van der Waals surface area (Å²) in [5, 5.41) is 35.1. The number of hydrogen-bond acceptors (Lipinski definition) is 7. The van der Waals surface area contributed by atoms with Gasteiger partial charge in [-0.3, -0.25) is 4.79 Å². The second-order valence-electron chi connectivity index (χ2n) is 15.1. The molecule has 0 aromatic carbocycles. The minimum Gasteiger partial charge on any atom is -0.460 e. The van der Waals surface area contributed by atoms with Crippen molar-refractivity contribution in [2.24, 2.45) is 46.3 Å². The van der Waals surface area contributed by atoms with Gasteiger partial charge in [0.2, 0.25) is 0 Å². The summed E-state index contributed by atoms with van der Waals surface area (Å²) in [4.78, 5) is 11.6. The molecule has 0 bridgehead atoms. The lowest BCUT2D eigenvalue weighted by atomic mass is 9.43. The summed E-state index contributed by atoms with van der Waals surface area (Å²) in [5.41, 5.74) is -1.97. The molecule has 2 aliphatic heterocycles. The van der Waals surface area contributed by atoms with E-state index >= 15 is 0 Å². The number of ether oxygens (including phenoxy) is 3. The third-order valence-corrected chi connectivity index (χ3v) is 12.8. The van der Waals surface area contributed by atoms with Gasteiger partial charge in [-0.1, -0.05) is 20.8 Å². The van der Waals surface area contributed by atoms with Crippen molar-refractivity contribution >= 4 is 5.97 Å². The van der Waals surface area contributed by atoms with Gasteiger partial charge >= 0.3 is 5.97 Å². The Kier molecular flexibility index (Phi) is 5.68. The maximum Gasteiger partial charge on any atom is 0.302 e. The van der Waals surface area contributed by atoms with Gasteiger partial charge in [-0.25, -0.2) is 0 Å². The summed E-state index contributed by atoms with van der Waals surface area (Å²) in [5.74, 6) is -0.133. The highest BCUT2D eigenvalue weighted by Crippen LogP contribution is 2.72. The quantitative estimate of drug-likeness (QED) is 0.452. The minimum atomic E-state index is -1.14. The van der Waals surface area contributed by atoms with Crippen molar-refractivity contribution in [3.8, 4) is 0 Å². The molecule has 4 saturated carbocycles. The lowest BCUT2D eigenvalue weighted by Gasteiger charge is -2.63. The Hall–Kier alpha value is -0.730. The van der Waals surface area contributed by atoms with E-state index in [1.54, 1.807) is 0 Å². The molecular formula is C30H48O7. The predicted octanol–water partition coefficient (Wildman–Crippen LogP) is 3.81. The van der Waals surface area contributed by atoms with Crippen LogP contribution in [0.3, 0.4) is 0 Å². The average Bonchev–Trinajstić information content (AvgIpc) is 3.25. The van der Waals surface area contributed by atoms with Gasteiger partial charge in [0.25, 0.3) is 0 Å². The van der Waals surface area contributed by atoms with Crippen LogP contribution in [-0.4, -0.2) is 62.7 Å². The zero-order chi connectivity index (χ0) is 26.9. The molecule has 6 fully saturated rings. The van der Waals surface area contributed by atoms with Crippen LogP contribution in [0.4, 0.5) is 0 Å². The number of hydrogen-bond donors (Lipinski definition) is 3. The highest BCUT2D eigenvalue weighted by Gasteiger charge is 2.77. The molecule has 0 aromatic rings. The summed E-state index contributed by atoms with van der Waals surface area (Å²) in [6, 6.07) is 0. The van der Waals surface area contributed by atoms with Crippen LogP contribution < -0.4 is 0 Å². The third kappa shape index (κ3) is 3.39. The average molecular weight is 521 g/mol. The van der Waals surface area contributed by atoms with Crippen molar-refractivity contribution in [2.75, 3.05) is 0 Å². The molecular weight excluding hydrogens is 472 g/mol. The molecule has 0 unspecified atom stereocenters. The fourth-order valence-electron chi connectivity index (χ4n) is 11.0. The summed E-state index contributed by atoms with van der Waals surface area (Å²) >= 11 is 0. The molecule has 0 aromatic heterocycles. The highest BCUT2D eigenvalue weighted by molar-refractivity contribution is 5.66. The number of carbonyl (C=O) groups excluding carboxylic acids is 1. The third-order valence-electron chi connectivity index (χ3n) is 12.8. The molecule has 4 aliphatic carbocycles. The Morgan fingerprint density at radius 1 is 0.946 bits per heavy atom. The van der Waals surface area contributed by atoms with Crippen molar-refractivity contribution in [1.82, 2.24) is 0 Å². The van der Waals surface area contributed by atoms with Crippen LogP contribution in [0.1, 0.15) is 93.4 Å². The van der Waals surface area contributed by atoms with Gasteiger partial charge in [0.05, 0.1) is 23.9 Å². The number of aliphatic hydroxyl groups is 3. The Bertz CT molecular complexity index is 964. The molecule has 6 aliphatic rings. The molecule has 2 saturated heterocycles. The first-order valence-electron chi connectivity index (χ1n) is 14.7. The first-order chi connectivity index (χ1) is 17.1. The van der Waals surface area contributed by atoms with Gasteiger partial charge in [-0.15, -0.1) is 0 Å². The molecule has 37 heavy (non-hydrogen) atoms. The van der Waals surface area contributed by atoms with Gasteiger partial charge in [0.15, 0.2) is 5.79 Å². The second kappa shape index (κ2) is 7.93. The van der Waals surface area contributed by atoms with E-state index in [1.807, 2.05) is 6.92 Å². The van der Waals surface area contributed by atoms with Crippen LogP contribution in [-0.2, 0) is 19.0 Å². The number of carbonyl (C=O) groups is 1. The second-order valence-corrected chi connectivity index (χ2v) is 15.1. The summed E-state index contributed by atoms with van der Waals surface area (Å²) in [6.45, 7) is 14.2. The van der Waals surface area contributed by atoms with E-state index < -0.39 is 29.7 Å². The SMILES string of the molecule is CC(=O)O[C@H]1C[C@@H]2CC[C@@H]3[C@H]([C@@H](O)C[C@@]4(C)[C@H]3C[C@@H]3O[C@@]5(C[C@H](C)C(C)(C)O5)[C@](C)(O)[C@@H]34)[C@@]2(C)C[C@H]1O. The van der Waals surface area contributed by atoms with Gasteiger partial charge in [-0.2, -0.15) is 0 Å². The van der Waals surface area contributed by atoms with Gasteiger partial charge < -0.3 is 29.5 Å². The summed E-state index contributed by atoms with van der Waals surface area (Å²) in [6.07, 6.45) is 3.64. The Morgan fingerprint density at radius 2 is 1.62 bits per heavy atom. The Labute approximate surface area is 221 Å². The van der Waals surface area contributed by atoms with E-state index in [2.05, 4.69) is 34.6 Å². The first-order valence-corrected chi connectivity index (χ1v) is 14.7. The standard InChI is InChI=1S/C30H48O7/c1-15-12-30(37-26(15,3)4)29(7,34)25-23(36-30)11-19-18-9-8-17-10-22(35-16(2)31)20(32)13-27(17,5)24(18)21(33)14-28(19,25)6/h15,17-25,32-34H,8-14H2,1-7H3/t15-,17-,18-,19-,20+,21-,22-,23-,24+,25-,27-,28-,29+,30+/m0/s1. The lowest BCUT2D eigenvalue weighted by Crippen LogP contribution is -2.63. The molecule has 14 atom stereocenters. The minimum absolute atomic E-state index is 0.0803. The molecule has 3 N–H and O–H groups in total. The van der Waals surface area contributed by atoms with Gasteiger partial charge in [0.1, 0.15) is 11.7 Å². The van der Waals surface area contributed by atoms with Crippen molar-refractivity contribution in [2.45, 2.75) is 135 Å². The molecule has 210 valence electrons. The first kappa shape index (κ1) is 26.5. The van der Waals surface area contributed by atoms with Crippen LogP contribution in [0.2, 0.25) is 0 Å². The zero-order valence-electron chi connectivity index (χ0n) is 23.7. The molecule has 0 amide bonds. The van der Waals surface area contributed by atoms with E-state index in [1.165, 1.54) is 6.92 Å². The van der Waals surface area contributed by atoms with Gasteiger partial charge in [-0.05, 0) is 99.7 Å².